The van der Waals surface area contributed by atoms with Crippen LogP contribution < -0.4 is 4.74 Å². The number of carboxylic acid groups (broad SMARTS) is 1. The van der Waals surface area contributed by atoms with Crippen LogP contribution in [0.25, 0.3) is 0 Å². The zero-order valence-corrected chi connectivity index (χ0v) is 12.6. The lowest BCUT2D eigenvalue weighted by atomic mass is 10.3. The Morgan fingerprint density at radius 1 is 1.32 bits per heavy atom. The van der Waals surface area contributed by atoms with E-state index in [9.17, 15) is 14.7 Å². The number of carbonyl (C=O) groups excluding carboxylic acids is 1. The highest BCUT2D eigenvalue weighted by Gasteiger charge is 2.02. The van der Waals surface area contributed by atoms with Gasteiger partial charge >= 0.3 is 11.9 Å². The Kier molecular flexibility index (Phi) is 9.59. The molecule has 2 N–H and O–H groups in total. The summed E-state index contributed by atoms with van der Waals surface area (Å²) in [6, 6.07) is 6.33. The maximum Gasteiger partial charge on any atom is 0.334 e. The Labute approximate surface area is 129 Å². The Morgan fingerprint density at radius 3 is 2.45 bits per heavy atom. The predicted molar refractivity (Wildman–Crippen MR) is 81.6 cm³/mol. The summed E-state index contributed by atoms with van der Waals surface area (Å²) in [6.07, 6.45) is 3.10. The van der Waals surface area contributed by atoms with Crippen LogP contribution in [0.4, 0.5) is 0 Å². The van der Waals surface area contributed by atoms with Gasteiger partial charge in [-0.15, -0.1) is 0 Å². The molecule has 6 heteroatoms. The number of hydrogen-bond acceptors (Lipinski definition) is 5. The van der Waals surface area contributed by atoms with Crippen LogP contribution in [-0.4, -0.2) is 28.8 Å². The molecule has 120 valence electrons. The Bertz CT molecular complexity index is 533. The fourth-order valence-electron chi connectivity index (χ4n) is 1.02. The first kappa shape index (κ1) is 19.2. The molecule has 1 aromatic carbocycles. The third kappa shape index (κ3) is 8.42. The highest BCUT2D eigenvalue weighted by Crippen LogP contribution is 2.24. The van der Waals surface area contributed by atoms with E-state index in [4.69, 9.17) is 9.84 Å². The van der Waals surface area contributed by atoms with Crippen LogP contribution in [0.1, 0.15) is 20.3 Å². The van der Waals surface area contributed by atoms with Crippen molar-refractivity contribution >= 4 is 11.9 Å². The fourth-order valence-corrected chi connectivity index (χ4v) is 1.02. The molecule has 0 fully saturated rings. The molecule has 0 heterocycles. The number of carboxylic acids is 1. The molecule has 0 bridgehead atoms. The second kappa shape index (κ2) is 11.0. The lowest BCUT2D eigenvalue weighted by molar-refractivity contribution is -0.137. The zero-order valence-electron chi connectivity index (χ0n) is 12.6. The summed E-state index contributed by atoms with van der Waals surface area (Å²) in [5.41, 5.74) is 0.0632. The standard InChI is InChI=1S/C10H10O4.C6H10O2/c1-7(10(12)13)6-14-9-5-3-2-4-8(9)11;1-3-5-8-6(7)4-2/h2-6,11H,1H3,(H,12,13);4H,2-3,5H2,1H3. The third-order valence-corrected chi connectivity index (χ3v) is 2.18. The van der Waals surface area contributed by atoms with Crippen molar-refractivity contribution in [3.8, 4) is 11.5 Å². The van der Waals surface area contributed by atoms with Gasteiger partial charge in [-0.3, -0.25) is 0 Å². The summed E-state index contributed by atoms with van der Waals surface area (Å²) in [7, 11) is 0. The average molecular weight is 308 g/mol. The van der Waals surface area contributed by atoms with Crippen molar-refractivity contribution < 1.29 is 29.3 Å². The van der Waals surface area contributed by atoms with Crippen molar-refractivity contribution in [3.63, 3.8) is 0 Å². The molecule has 1 aromatic rings. The highest BCUT2D eigenvalue weighted by atomic mass is 16.5. The Balaban J connectivity index is 0.000000472. The maximum absolute atomic E-state index is 10.4. The van der Waals surface area contributed by atoms with Gasteiger partial charge in [0.2, 0.25) is 0 Å². The minimum atomic E-state index is -1.06. The first-order valence-corrected chi connectivity index (χ1v) is 6.56. The van der Waals surface area contributed by atoms with E-state index in [0.717, 1.165) is 18.8 Å². The molecule has 0 amide bonds. The van der Waals surface area contributed by atoms with Gasteiger partial charge in [-0.05, 0) is 25.5 Å². The average Bonchev–Trinajstić information content (AvgIpc) is 2.51. The van der Waals surface area contributed by atoms with Gasteiger partial charge in [0.05, 0.1) is 12.2 Å². The van der Waals surface area contributed by atoms with Crippen LogP contribution in [0.2, 0.25) is 0 Å². The summed E-state index contributed by atoms with van der Waals surface area (Å²) in [5, 5.41) is 17.8. The number of phenols is 1. The zero-order chi connectivity index (χ0) is 17.0. The molecule has 0 atom stereocenters. The summed E-state index contributed by atoms with van der Waals surface area (Å²) in [5.74, 6) is -1.19. The molecule has 6 nitrogen and oxygen atoms in total. The lowest BCUT2D eigenvalue weighted by Crippen LogP contribution is -1.99. The molecule has 0 aliphatic rings. The SMILES string of the molecule is C=CC(=O)OCCC.CC(=COc1ccccc1O)C(=O)O. The van der Waals surface area contributed by atoms with Gasteiger partial charge in [-0.25, -0.2) is 9.59 Å². The molecule has 1 rings (SSSR count). The van der Waals surface area contributed by atoms with E-state index in [2.05, 4.69) is 11.3 Å². The molecule has 22 heavy (non-hydrogen) atoms. The van der Waals surface area contributed by atoms with Gasteiger partial charge in [-0.1, -0.05) is 25.6 Å². The number of rotatable bonds is 6. The predicted octanol–water partition coefficient (Wildman–Crippen LogP) is 2.89. The molecule has 0 aliphatic heterocycles. The number of benzene rings is 1. The number of ether oxygens (including phenoxy) is 2. The van der Waals surface area contributed by atoms with Crippen molar-refractivity contribution in [2.45, 2.75) is 20.3 Å². The van der Waals surface area contributed by atoms with Gasteiger partial charge in [0.15, 0.2) is 11.5 Å². The molecule has 0 saturated heterocycles. The number of esters is 1. The van der Waals surface area contributed by atoms with Crippen LogP contribution in [0.3, 0.4) is 0 Å². The maximum atomic E-state index is 10.4. The number of carbonyl (C=O) groups is 2. The number of para-hydroxylation sites is 2. The quantitative estimate of drug-likeness (QED) is 0.477. The molecule has 0 spiro atoms. The highest BCUT2D eigenvalue weighted by molar-refractivity contribution is 5.85. The van der Waals surface area contributed by atoms with Gasteiger partial charge in [-0.2, -0.15) is 0 Å². The van der Waals surface area contributed by atoms with Gasteiger partial charge in [0, 0.05) is 6.08 Å². The van der Waals surface area contributed by atoms with E-state index in [1.807, 2.05) is 6.92 Å². The third-order valence-electron chi connectivity index (χ3n) is 2.18. The summed E-state index contributed by atoms with van der Waals surface area (Å²) in [6.45, 7) is 7.08. The van der Waals surface area contributed by atoms with Crippen LogP contribution in [-0.2, 0) is 14.3 Å². The smallest absolute Gasteiger partial charge is 0.334 e. The number of hydrogen-bond donors (Lipinski definition) is 2. The molecule has 0 unspecified atom stereocenters. The Morgan fingerprint density at radius 2 is 1.95 bits per heavy atom. The van der Waals surface area contributed by atoms with E-state index in [1.54, 1.807) is 18.2 Å². The summed E-state index contributed by atoms with van der Waals surface area (Å²) in [4.78, 5) is 20.6. The van der Waals surface area contributed by atoms with Crippen LogP contribution in [0.15, 0.2) is 48.8 Å². The van der Waals surface area contributed by atoms with Gasteiger partial charge in [0.25, 0.3) is 0 Å². The van der Waals surface area contributed by atoms with E-state index in [1.165, 1.54) is 13.0 Å². The molecule has 0 aromatic heterocycles. The van der Waals surface area contributed by atoms with E-state index >= 15 is 0 Å². The summed E-state index contributed by atoms with van der Waals surface area (Å²) < 4.78 is 9.55. The summed E-state index contributed by atoms with van der Waals surface area (Å²) >= 11 is 0. The van der Waals surface area contributed by atoms with Crippen LogP contribution in [0, 0.1) is 0 Å². The minimum Gasteiger partial charge on any atom is -0.504 e. The monoisotopic (exact) mass is 308 g/mol. The first-order valence-electron chi connectivity index (χ1n) is 6.56. The fraction of sp³-hybridized carbons (Fsp3) is 0.250. The minimum absolute atomic E-state index is 0.0260. The topological polar surface area (TPSA) is 93.1 Å². The molecule has 0 aliphatic carbocycles. The molecule has 0 saturated carbocycles. The van der Waals surface area contributed by atoms with Crippen molar-refractivity contribution in [3.05, 3.63) is 48.8 Å². The molecular weight excluding hydrogens is 288 g/mol. The number of aliphatic carboxylic acids is 1. The van der Waals surface area contributed by atoms with Crippen molar-refractivity contribution in [1.82, 2.24) is 0 Å². The van der Waals surface area contributed by atoms with Crippen LogP contribution >= 0.6 is 0 Å². The number of aromatic hydroxyl groups is 1. The normalized spacial score (nSPS) is 10.0. The van der Waals surface area contributed by atoms with Gasteiger partial charge in [0.1, 0.15) is 6.26 Å². The lowest BCUT2D eigenvalue weighted by Gasteiger charge is -2.02. The first-order chi connectivity index (χ1) is 10.4. The van der Waals surface area contributed by atoms with E-state index < -0.39 is 5.97 Å². The van der Waals surface area contributed by atoms with Crippen molar-refractivity contribution in [2.24, 2.45) is 0 Å². The van der Waals surface area contributed by atoms with Crippen LogP contribution in [0.5, 0.6) is 11.5 Å². The van der Waals surface area contributed by atoms with E-state index in [-0.39, 0.29) is 23.0 Å². The molecular formula is C16H20O6. The van der Waals surface area contributed by atoms with E-state index in [0.29, 0.717) is 6.61 Å². The molecule has 0 radical (unpaired) electrons. The van der Waals surface area contributed by atoms with Crippen molar-refractivity contribution in [1.29, 1.82) is 0 Å². The number of phenolic OH excluding ortho intramolecular Hbond substituents is 1. The van der Waals surface area contributed by atoms with Crippen molar-refractivity contribution in [2.75, 3.05) is 6.61 Å². The largest absolute Gasteiger partial charge is 0.504 e. The Hall–Kier alpha value is -2.76. The second-order valence-corrected chi connectivity index (χ2v) is 4.06. The second-order valence-electron chi connectivity index (χ2n) is 4.06. The van der Waals surface area contributed by atoms with Gasteiger partial charge < -0.3 is 19.7 Å².